The summed E-state index contributed by atoms with van der Waals surface area (Å²) in [5.41, 5.74) is 8.19. The van der Waals surface area contributed by atoms with Crippen LogP contribution in [0.4, 0.5) is 0 Å². The van der Waals surface area contributed by atoms with Crippen LogP contribution in [0.25, 0.3) is 24.3 Å². The molecule has 1 aromatic heterocycles. The van der Waals surface area contributed by atoms with E-state index in [9.17, 15) is 5.26 Å². The Labute approximate surface area is 206 Å². The Hall–Kier alpha value is -3.87. The lowest BCUT2D eigenvalue weighted by Crippen LogP contribution is -1.95. The van der Waals surface area contributed by atoms with Crippen LogP contribution in [-0.4, -0.2) is 4.98 Å². The summed E-state index contributed by atoms with van der Waals surface area (Å²) in [5, 5.41) is 10.8. The average molecular weight is 459 g/mol. The highest BCUT2D eigenvalue weighted by Crippen LogP contribution is 2.29. The maximum absolute atomic E-state index is 10.00. The molecule has 0 aliphatic rings. The summed E-state index contributed by atoms with van der Waals surface area (Å²) < 4.78 is 0. The third kappa shape index (κ3) is 6.34. The zero-order chi connectivity index (χ0) is 23.8. The van der Waals surface area contributed by atoms with Crippen molar-refractivity contribution < 1.29 is 0 Å². The van der Waals surface area contributed by atoms with Crippen LogP contribution in [0, 0.1) is 25.2 Å². The van der Waals surface area contributed by atoms with Crippen molar-refractivity contribution in [2.75, 3.05) is 0 Å². The van der Waals surface area contributed by atoms with E-state index in [1.165, 1.54) is 16.7 Å². The maximum Gasteiger partial charge on any atom is 0.115 e. The van der Waals surface area contributed by atoms with E-state index in [0.29, 0.717) is 5.56 Å². The van der Waals surface area contributed by atoms with Gasteiger partial charge in [-0.2, -0.15) is 5.26 Å². The number of aryl methyl sites for hydroxylation is 2. The lowest BCUT2D eigenvalue weighted by atomic mass is 10.1. The summed E-state index contributed by atoms with van der Waals surface area (Å²) in [6.07, 6.45) is 8.14. The van der Waals surface area contributed by atoms with Gasteiger partial charge < -0.3 is 0 Å². The molecular formula is C31H26N2S. The topological polar surface area (TPSA) is 36.7 Å². The first-order valence-electron chi connectivity index (χ1n) is 11.2. The zero-order valence-corrected chi connectivity index (χ0v) is 20.2. The number of hydrogen-bond donors (Lipinski definition) is 0. The molecule has 34 heavy (non-hydrogen) atoms. The van der Waals surface area contributed by atoms with Crippen molar-refractivity contribution in [2.24, 2.45) is 0 Å². The smallest absolute Gasteiger partial charge is 0.115 e. The number of hydrogen-bond acceptors (Lipinski definition) is 3. The summed E-state index contributed by atoms with van der Waals surface area (Å²) in [6.45, 7) is 4.16. The maximum atomic E-state index is 10.00. The van der Waals surface area contributed by atoms with Gasteiger partial charge in [0.15, 0.2) is 0 Å². The van der Waals surface area contributed by atoms with Crippen LogP contribution in [0.1, 0.15) is 44.6 Å². The molecule has 0 radical (unpaired) electrons. The lowest BCUT2D eigenvalue weighted by molar-refractivity contribution is 1.09. The van der Waals surface area contributed by atoms with Crippen LogP contribution < -0.4 is 0 Å². The third-order valence-corrected chi connectivity index (χ3v) is 6.47. The second-order valence-corrected chi connectivity index (χ2v) is 9.15. The molecule has 0 bridgehead atoms. The molecule has 166 valence electrons. The molecule has 0 saturated carbocycles. The second kappa shape index (κ2) is 11.3. The van der Waals surface area contributed by atoms with Crippen molar-refractivity contribution >= 4 is 36.1 Å². The Morgan fingerprint density at radius 1 is 0.765 bits per heavy atom. The zero-order valence-electron chi connectivity index (χ0n) is 19.4. The van der Waals surface area contributed by atoms with E-state index in [4.69, 9.17) is 4.98 Å². The number of thioether (sulfide) groups is 1. The molecule has 0 aliphatic carbocycles. The predicted molar refractivity (Wildman–Crippen MR) is 145 cm³/mol. The molecule has 0 spiro atoms. The highest BCUT2D eigenvalue weighted by atomic mass is 32.2. The molecule has 1 heterocycles. The summed E-state index contributed by atoms with van der Waals surface area (Å²) in [5.74, 6) is 0.759. The fourth-order valence-electron chi connectivity index (χ4n) is 3.44. The van der Waals surface area contributed by atoms with Crippen molar-refractivity contribution in [2.45, 2.75) is 24.6 Å². The van der Waals surface area contributed by atoms with Gasteiger partial charge in [0.1, 0.15) is 11.1 Å². The van der Waals surface area contributed by atoms with E-state index in [2.05, 4.69) is 92.7 Å². The van der Waals surface area contributed by atoms with Crippen molar-refractivity contribution in [1.82, 2.24) is 4.98 Å². The largest absolute Gasteiger partial charge is 0.241 e. The Morgan fingerprint density at radius 3 is 1.94 bits per heavy atom. The van der Waals surface area contributed by atoms with E-state index in [1.54, 1.807) is 11.8 Å². The van der Waals surface area contributed by atoms with Crippen molar-refractivity contribution in [3.63, 3.8) is 0 Å². The molecule has 3 heteroatoms. The van der Waals surface area contributed by atoms with Gasteiger partial charge in [-0.05, 0) is 48.2 Å². The highest BCUT2D eigenvalue weighted by Gasteiger charge is 2.11. The van der Waals surface area contributed by atoms with Crippen molar-refractivity contribution in [3.8, 4) is 6.07 Å². The van der Waals surface area contributed by atoms with E-state index < -0.39 is 0 Å². The van der Waals surface area contributed by atoms with Crippen LogP contribution in [0.2, 0.25) is 0 Å². The molecule has 0 unspecified atom stereocenters. The molecule has 3 aromatic carbocycles. The normalized spacial score (nSPS) is 11.2. The van der Waals surface area contributed by atoms with Crippen molar-refractivity contribution in [3.05, 3.63) is 130 Å². The molecule has 0 amide bonds. The second-order valence-electron chi connectivity index (χ2n) is 8.19. The standard InChI is InChI=1S/C31H26N2S/c1-23-8-12-25(13-9-23)16-18-28-20-29(19-17-26-14-10-24(2)11-15-26)33-31(30(28)21-32)34-22-27-6-4-3-5-7-27/h3-20H,22H2,1-2H3. The first-order chi connectivity index (χ1) is 16.6. The lowest BCUT2D eigenvalue weighted by Gasteiger charge is -2.09. The summed E-state index contributed by atoms with van der Waals surface area (Å²) in [6, 6.07) is 31.4. The van der Waals surface area contributed by atoms with Crippen molar-refractivity contribution in [1.29, 1.82) is 5.26 Å². The minimum absolute atomic E-state index is 0.608. The Balaban J connectivity index is 1.69. The van der Waals surface area contributed by atoms with Crippen LogP contribution in [0.3, 0.4) is 0 Å². The fourth-order valence-corrected chi connectivity index (χ4v) is 4.42. The van der Waals surface area contributed by atoms with Gasteiger partial charge in [-0.3, -0.25) is 0 Å². The number of aromatic nitrogens is 1. The SMILES string of the molecule is Cc1ccc(C=Cc2cc(C=Cc3ccc(C)cc3)c(C#N)c(SCc3ccccc3)n2)cc1. The van der Waals surface area contributed by atoms with Gasteiger partial charge >= 0.3 is 0 Å². The quantitative estimate of drug-likeness (QED) is 0.262. The summed E-state index contributed by atoms with van der Waals surface area (Å²) in [7, 11) is 0. The highest BCUT2D eigenvalue weighted by molar-refractivity contribution is 7.98. The van der Waals surface area contributed by atoms with E-state index in [-0.39, 0.29) is 0 Å². The minimum Gasteiger partial charge on any atom is -0.241 e. The molecule has 0 N–H and O–H groups in total. The molecule has 0 atom stereocenters. The number of nitriles is 1. The van der Waals surface area contributed by atoms with Gasteiger partial charge in [-0.1, -0.05) is 108 Å². The monoisotopic (exact) mass is 458 g/mol. The van der Waals surface area contributed by atoms with Crippen LogP contribution in [-0.2, 0) is 5.75 Å². The van der Waals surface area contributed by atoms with E-state index >= 15 is 0 Å². The minimum atomic E-state index is 0.608. The van der Waals surface area contributed by atoms with E-state index in [1.807, 2.05) is 36.4 Å². The Morgan fingerprint density at radius 2 is 1.35 bits per heavy atom. The number of pyridine rings is 1. The van der Waals surface area contributed by atoms with Crippen LogP contribution in [0.15, 0.2) is 90.0 Å². The average Bonchev–Trinajstić information content (AvgIpc) is 2.87. The van der Waals surface area contributed by atoms with Gasteiger partial charge in [0.25, 0.3) is 0 Å². The third-order valence-electron chi connectivity index (χ3n) is 5.42. The van der Waals surface area contributed by atoms with Gasteiger partial charge in [0, 0.05) is 5.75 Å². The number of benzene rings is 3. The van der Waals surface area contributed by atoms with Crippen LogP contribution >= 0.6 is 11.8 Å². The molecule has 0 fully saturated rings. The Kier molecular flexibility index (Phi) is 7.75. The first kappa shape index (κ1) is 23.3. The van der Waals surface area contributed by atoms with Gasteiger partial charge in [0.2, 0.25) is 0 Å². The summed E-state index contributed by atoms with van der Waals surface area (Å²) >= 11 is 1.60. The number of rotatable bonds is 7. The predicted octanol–water partition coefficient (Wildman–Crippen LogP) is 8.20. The molecule has 0 aliphatic heterocycles. The summed E-state index contributed by atoms with van der Waals surface area (Å²) in [4.78, 5) is 4.84. The molecule has 0 saturated heterocycles. The van der Waals surface area contributed by atoms with Gasteiger partial charge in [-0.15, -0.1) is 11.8 Å². The molecular weight excluding hydrogens is 432 g/mol. The Bertz CT molecular complexity index is 1340. The fraction of sp³-hybridized carbons (Fsp3) is 0.0968. The molecule has 4 aromatic rings. The van der Waals surface area contributed by atoms with Crippen LogP contribution in [0.5, 0.6) is 0 Å². The van der Waals surface area contributed by atoms with Gasteiger partial charge in [0.05, 0.1) is 11.3 Å². The number of nitrogens with zero attached hydrogens (tertiary/aromatic N) is 2. The molecule has 2 nitrogen and oxygen atoms in total. The first-order valence-corrected chi connectivity index (χ1v) is 12.2. The van der Waals surface area contributed by atoms with E-state index in [0.717, 1.165) is 33.2 Å². The van der Waals surface area contributed by atoms with Gasteiger partial charge in [-0.25, -0.2) is 4.98 Å². The molecule has 4 rings (SSSR count).